The number of hydrogen-bond acceptors (Lipinski definition) is 4. The van der Waals surface area contributed by atoms with Crippen LogP contribution in [0, 0.1) is 6.92 Å². The first-order valence-electron chi connectivity index (χ1n) is 4.14. The van der Waals surface area contributed by atoms with Crippen LogP contribution in [0.2, 0.25) is 0 Å². The molecule has 0 aliphatic heterocycles. The lowest BCUT2D eigenvalue weighted by Crippen LogP contribution is -1.96. The maximum Gasteiger partial charge on any atom is 0.193 e. The summed E-state index contributed by atoms with van der Waals surface area (Å²) in [5.41, 5.74) is 1.11. The molecular formula is C10H8N2O2. The molecule has 2 rings (SSSR count). The zero-order valence-corrected chi connectivity index (χ0v) is 7.56. The van der Waals surface area contributed by atoms with Crippen LogP contribution < -0.4 is 0 Å². The third-order valence-corrected chi connectivity index (χ3v) is 2.02. The molecule has 14 heavy (non-hydrogen) atoms. The van der Waals surface area contributed by atoms with Gasteiger partial charge in [0.1, 0.15) is 11.3 Å². The minimum atomic E-state index is 0.0658. The van der Waals surface area contributed by atoms with E-state index in [1.54, 1.807) is 19.1 Å². The summed E-state index contributed by atoms with van der Waals surface area (Å²) in [6.07, 6.45) is 0.568. The maximum atomic E-state index is 10.5. The Morgan fingerprint density at radius 2 is 2.14 bits per heavy atom. The number of para-hydroxylation sites is 1. The second kappa shape index (κ2) is 3.06. The Morgan fingerprint density at radius 3 is 2.86 bits per heavy atom. The van der Waals surface area contributed by atoms with Crippen molar-refractivity contribution in [1.82, 2.24) is 9.97 Å². The number of rotatable bonds is 1. The normalized spacial score (nSPS) is 10.4. The first kappa shape index (κ1) is 8.62. The number of phenolic OH excluding ortho intramolecular Hbond substituents is 1. The van der Waals surface area contributed by atoms with E-state index in [9.17, 15) is 9.90 Å². The Kier molecular flexibility index (Phi) is 1.89. The molecule has 4 nitrogen and oxygen atoms in total. The van der Waals surface area contributed by atoms with Gasteiger partial charge in [0, 0.05) is 11.1 Å². The Bertz CT molecular complexity index is 509. The van der Waals surface area contributed by atoms with Gasteiger partial charge in [-0.25, -0.2) is 9.97 Å². The van der Waals surface area contributed by atoms with Gasteiger partial charge in [0.15, 0.2) is 12.1 Å². The molecule has 2 aromatic rings. The standard InChI is InChI=1S/C10H8N2O2/c1-6-7-3-2-4-8(14)10(7)12-9(5-13)11-6/h2-5,14H,1H3. The molecule has 0 saturated carbocycles. The summed E-state index contributed by atoms with van der Waals surface area (Å²) < 4.78 is 0. The van der Waals surface area contributed by atoms with E-state index < -0.39 is 0 Å². The van der Waals surface area contributed by atoms with E-state index in [2.05, 4.69) is 9.97 Å². The zero-order chi connectivity index (χ0) is 10.1. The molecule has 0 spiro atoms. The Morgan fingerprint density at radius 1 is 1.36 bits per heavy atom. The van der Waals surface area contributed by atoms with Crippen LogP contribution in [0.4, 0.5) is 0 Å². The smallest absolute Gasteiger partial charge is 0.193 e. The SMILES string of the molecule is Cc1nc(C=O)nc2c(O)cccc12. The molecule has 0 atom stereocenters. The fraction of sp³-hybridized carbons (Fsp3) is 0.100. The highest BCUT2D eigenvalue weighted by Crippen LogP contribution is 2.23. The summed E-state index contributed by atoms with van der Waals surface area (Å²) >= 11 is 0. The number of aryl methyl sites for hydroxylation is 1. The van der Waals surface area contributed by atoms with E-state index in [4.69, 9.17) is 0 Å². The number of phenols is 1. The number of carbonyl (C=O) groups is 1. The van der Waals surface area contributed by atoms with E-state index >= 15 is 0 Å². The van der Waals surface area contributed by atoms with Gasteiger partial charge in [-0.1, -0.05) is 12.1 Å². The van der Waals surface area contributed by atoms with Crippen LogP contribution >= 0.6 is 0 Å². The van der Waals surface area contributed by atoms with E-state index in [1.165, 1.54) is 6.07 Å². The lowest BCUT2D eigenvalue weighted by atomic mass is 10.2. The number of nitrogens with zero attached hydrogens (tertiary/aromatic N) is 2. The van der Waals surface area contributed by atoms with Gasteiger partial charge in [-0.3, -0.25) is 4.79 Å². The monoisotopic (exact) mass is 188 g/mol. The van der Waals surface area contributed by atoms with Gasteiger partial charge in [-0.05, 0) is 13.0 Å². The van der Waals surface area contributed by atoms with Crippen LogP contribution in [0.1, 0.15) is 16.3 Å². The average Bonchev–Trinajstić information content (AvgIpc) is 2.19. The van der Waals surface area contributed by atoms with Crippen molar-refractivity contribution in [2.75, 3.05) is 0 Å². The maximum absolute atomic E-state index is 10.5. The molecule has 4 heteroatoms. The van der Waals surface area contributed by atoms with Crippen LogP contribution in [0.25, 0.3) is 10.9 Å². The molecule has 70 valence electrons. The van der Waals surface area contributed by atoms with E-state index in [0.717, 1.165) is 5.39 Å². The topological polar surface area (TPSA) is 63.1 Å². The van der Waals surface area contributed by atoms with Crippen LogP contribution in [-0.2, 0) is 0 Å². The third-order valence-electron chi connectivity index (χ3n) is 2.02. The largest absolute Gasteiger partial charge is 0.506 e. The highest BCUT2D eigenvalue weighted by Gasteiger charge is 2.06. The van der Waals surface area contributed by atoms with Gasteiger partial charge in [0.2, 0.25) is 0 Å². The highest BCUT2D eigenvalue weighted by molar-refractivity contribution is 5.87. The summed E-state index contributed by atoms with van der Waals surface area (Å²) in [4.78, 5) is 18.4. The summed E-state index contributed by atoms with van der Waals surface area (Å²) in [6, 6.07) is 5.05. The van der Waals surface area contributed by atoms with E-state index in [-0.39, 0.29) is 11.6 Å². The number of aromatic nitrogens is 2. The first-order valence-corrected chi connectivity index (χ1v) is 4.14. The molecule has 0 saturated heterocycles. The molecular weight excluding hydrogens is 180 g/mol. The predicted octanol–water partition coefficient (Wildman–Crippen LogP) is 1.46. The van der Waals surface area contributed by atoms with E-state index in [1.807, 2.05) is 0 Å². The van der Waals surface area contributed by atoms with Gasteiger partial charge in [-0.15, -0.1) is 0 Å². The summed E-state index contributed by atoms with van der Waals surface area (Å²) in [6.45, 7) is 1.77. The van der Waals surface area contributed by atoms with Crippen molar-refractivity contribution in [3.8, 4) is 5.75 Å². The van der Waals surface area contributed by atoms with Gasteiger partial charge in [0.05, 0.1) is 0 Å². The quantitative estimate of drug-likeness (QED) is 0.688. The molecule has 0 bridgehead atoms. The predicted molar refractivity (Wildman–Crippen MR) is 51.3 cm³/mol. The third kappa shape index (κ3) is 1.21. The number of carbonyl (C=O) groups excluding carboxylic acids is 1. The van der Waals surface area contributed by atoms with Crippen LogP contribution in [0.15, 0.2) is 18.2 Å². The molecule has 0 fully saturated rings. The van der Waals surface area contributed by atoms with Crippen LogP contribution in [-0.4, -0.2) is 21.4 Å². The van der Waals surface area contributed by atoms with Crippen molar-refractivity contribution in [1.29, 1.82) is 0 Å². The molecule has 1 heterocycles. The molecule has 1 aromatic carbocycles. The van der Waals surface area contributed by atoms with Crippen LogP contribution in [0.3, 0.4) is 0 Å². The zero-order valence-electron chi connectivity index (χ0n) is 7.56. The van der Waals surface area contributed by atoms with Crippen molar-refractivity contribution >= 4 is 17.2 Å². The Hall–Kier alpha value is -1.97. The Labute approximate surface area is 80.2 Å². The van der Waals surface area contributed by atoms with Gasteiger partial charge in [-0.2, -0.15) is 0 Å². The first-order chi connectivity index (χ1) is 6.72. The molecule has 0 aliphatic rings. The average molecular weight is 188 g/mol. The van der Waals surface area contributed by atoms with E-state index in [0.29, 0.717) is 17.5 Å². The number of aldehydes is 1. The fourth-order valence-corrected chi connectivity index (χ4v) is 1.37. The van der Waals surface area contributed by atoms with Crippen molar-refractivity contribution in [3.63, 3.8) is 0 Å². The number of aromatic hydroxyl groups is 1. The van der Waals surface area contributed by atoms with Gasteiger partial charge in [0.25, 0.3) is 0 Å². The lowest BCUT2D eigenvalue weighted by molar-refractivity contribution is 0.111. The fourth-order valence-electron chi connectivity index (χ4n) is 1.37. The summed E-state index contributed by atoms with van der Waals surface area (Å²) in [5, 5.41) is 10.3. The Balaban J connectivity index is 2.90. The van der Waals surface area contributed by atoms with Gasteiger partial charge < -0.3 is 5.11 Å². The minimum Gasteiger partial charge on any atom is -0.506 e. The number of benzene rings is 1. The van der Waals surface area contributed by atoms with Crippen molar-refractivity contribution in [3.05, 3.63) is 29.7 Å². The summed E-state index contributed by atoms with van der Waals surface area (Å²) in [5.74, 6) is 0.160. The number of hydrogen-bond donors (Lipinski definition) is 1. The van der Waals surface area contributed by atoms with Crippen molar-refractivity contribution in [2.24, 2.45) is 0 Å². The molecule has 1 N–H and O–H groups in total. The summed E-state index contributed by atoms with van der Waals surface area (Å²) in [7, 11) is 0. The van der Waals surface area contributed by atoms with Crippen molar-refractivity contribution in [2.45, 2.75) is 6.92 Å². The second-order valence-electron chi connectivity index (χ2n) is 2.96. The highest BCUT2D eigenvalue weighted by atomic mass is 16.3. The molecule has 0 unspecified atom stereocenters. The second-order valence-corrected chi connectivity index (χ2v) is 2.96. The van der Waals surface area contributed by atoms with Gasteiger partial charge >= 0.3 is 0 Å². The molecule has 0 radical (unpaired) electrons. The van der Waals surface area contributed by atoms with Crippen molar-refractivity contribution < 1.29 is 9.90 Å². The number of fused-ring (bicyclic) bond motifs is 1. The molecule has 1 aromatic heterocycles. The lowest BCUT2D eigenvalue weighted by Gasteiger charge is -2.02. The molecule has 0 amide bonds. The minimum absolute atomic E-state index is 0.0658. The molecule has 0 aliphatic carbocycles. The van der Waals surface area contributed by atoms with Crippen LogP contribution in [0.5, 0.6) is 5.75 Å².